The number of amides is 1. The normalized spacial score (nSPS) is 11.1. The fourth-order valence-electron chi connectivity index (χ4n) is 2.61. The summed E-state index contributed by atoms with van der Waals surface area (Å²) in [6, 6.07) is 11.6. The zero-order valence-corrected chi connectivity index (χ0v) is 13.6. The number of para-hydroxylation sites is 2. The second kappa shape index (κ2) is 5.85. The lowest BCUT2D eigenvalue weighted by Crippen LogP contribution is -2.18. The fraction of sp³-hybridized carbons (Fsp3) is 0.235. The van der Waals surface area contributed by atoms with Crippen LogP contribution in [0.3, 0.4) is 0 Å². The van der Waals surface area contributed by atoms with Gasteiger partial charge in [0, 0.05) is 6.04 Å². The summed E-state index contributed by atoms with van der Waals surface area (Å²) in [5, 5.41) is 4.99. The second-order valence-corrected chi connectivity index (χ2v) is 6.27. The van der Waals surface area contributed by atoms with Gasteiger partial charge in [0.1, 0.15) is 11.4 Å². The molecule has 0 spiro atoms. The number of benzene rings is 1. The van der Waals surface area contributed by atoms with E-state index in [-0.39, 0.29) is 11.9 Å². The zero-order chi connectivity index (χ0) is 15.7. The van der Waals surface area contributed by atoms with Crippen LogP contribution in [0.2, 0.25) is 0 Å². The predicted molar refractivity (Wildman–Crippen MR) is 91.1 cm³/mol. The van der Waals surface area contributed by atoms with Gasteiger partial charge in [0.15, 0.2) is 0 Å². The molecule has 0 atom stereocenters. The van der Waals surface area contributed by atoms with Crippen molar-refractivity contribution in [2.45, 2.75) is 19.9 Å². The zero-order valence-electron chi connectivity index (χ0n) is 12.8. The SMILES string of the molecule is COc1ccccc1NC(=O)c1cc2sccc2n1C(C)C. The molecule has 0 saturated carbocycles. The summed E-state index contributed by atoms with van der Waals surface area (Å²) < 4.78 is 8.47. The highest BCUT2D eigenvalue weighted by Crippen LogP contribution is 2.30. The molecule has 1 amide bonds. The molecule has 0 bridgehead atoms. The highest BCUT2D eigenvalue weighted by molar-refractivity contribution is 7.17. The van der Waals surface area contributed by atoms with Crippen LogP contribution in [0.4, 0.5) is 5.69 Å². The quantitative estimate of drug-likeness (QED) is 0.768. The van der Waals surface area contributed by atoms with Crippen molar-refractivity contribution in [1.29, 1.82) is 0 Å². The van der Waals surface area contributed by atoms with Crippen molar-refractivity contribution in [3.8, 4) is 5.75 Å². The van der Waals surface area contributed by atoms with Gasteiger partial charge in [-0.2, -0.15) is 0 Å². The molecule has 114 valence electrons. The first kappa shape index (κ1) is 14.7. The van der Waals surface area contributed by atoms with Gasteiger partial charge in [0.2, 0.25) is 0 Å². The van der Waals surface area contributed by atoms with Crippen LogP contribution in [-0.4, -0.2) is 17.6 Å². The number of thiophene rings is 1. The van der Waals surface area contributed by atoms with Gasteiger partial charge in [-0.1, -0.05) is 12.1 Å². The average Bonchev–Trinajstić information content (AvgIpc) is 3.07. The van der Waals surface area contributed by atoms with Crippen LogP contribution in [0.15, 0.2) is 41.8 Å². The minimum Gasteiger partial charge on any atom is -0.495 e. The van der Waals surface area contributed by atoms with Crippen molar-refractivity contribution in [3.63, 3.8) is 0 Å². The summed E-state index contributed by atoms with van der Waals surface area (Å²) in [7, 11) is 1.60. The number of nitrogens with one attached hydrogen (secondary N) is 1. The van der Waals surface area contributed by atoms with E-state index in [0.29, 0.717) is 17.1 Å². The van der Waals surface area contributed by atoms with Crippen molar-refractivity contribution in [2.24, 2.45) is 0 Å². The van der Waals surface area contributed by atoms with E-state index in [0.717, 1.165) is 10.2 Å². The molecule has 2 heterocycles. The topological polar surface area (TPSA) is 43.3 Å². The van der Waals surface area contributed by atoms with Gasteiger partial charge in [0.05, 0.1) is 23.0 Å². The molecule has 22 heavy (non-hydrogen) atoms. The molecular formula is C17H18N2O2S. The maximum absolute atomic E-state index is 12.7. The highest BCUT2D eigenvalue weighted by Gasteiger charge is 2.19. The summed E-state index contributed by atoms with van der Waals surface area (Å²) >= 11 is 1.65. The first-order chi connectivity index (χ1) is 10.6. The van der Waals surface area contributed by atoms with Gasteiger partial charge >= 0.3 is 0 Å². The van der Waals surface area contributed by atoms with Crippen LogP contribution in [0.5, 0.6) is 5.75 Å². The van der Waals surface area contributed by atoms with E-state index in [1.165, 1.54) is 0 Å². The second-order valence-electron chi connectivity index (χ2n) is 5.32. The Hall–Kier alpha value is -2.27. The van der Waals surface area contributed by atoms with Crippen molar-refractivity contribution < 1.29 is 9.53 Å². The van der Waals surface area contributed by atoms with E-state index in [4.69, 9.17) is 4.74 Å². The third-order valence-corrected chi connectivity index (χ3v) is 4.42. The number of ether oxygens (including phenoxy) is 1. The number of anilines is 1. The third-order valence-electron chi connectivity index (χ3n) is 3.56. The molecule has 0 aliphatic rings. The monoisotopic (exact) mass is 314 g/mol. The van der Waals surface area contributed by atoms with Gasteiger partial charge < -0.3 is 14.6 Å². The Labute approximate surface area is 133 Å². The molecule has 0 aliphatic carbocycles. The largest absolute Gasteiger partial charge is 0.495 e. The molecule has 1 aromatic carbocycles. The molecular weight excluding hydrogens is 296 g/mol. The highest BCUT2D eigenvalue weighted by atomic mass is 32.1. The van der Waals surface area contributed by atoms with Crippen molar-refractivity contribution in [2.75, 3.05) is 12.4 Å². The molecule has 0 radical (unpaired) electrons. The number of hydrogen-bond acceptors (Lipinski definition) is 3. The molecule has 1 N–H and O–H groups in total. The molecule has 5 heteroatoms. The van der Waals surface area contributed by atoms with Crippen molar-refractivity contribution in [3.05, 3.63) is 47.5 Å². The van der Waals surface area contributed by atoms with E-state index in [2.05, 4.69) is 29.8 Å². The summed E-state index contributed by atoms with van der Waals surface area (Å²) in [6.07, 6.45) is 0. The van der Waals surface area contributed by atoms with Crippen LogP contribution in [0, 0.1) is 0 Å². The molecule has 2 aromatic heterocycles. The molecule has 0 aliphatic heterocycles. The van der Waals surface area contributed by atoms with E-state index in [1.54, 1.807) is 18.4 Å². The Morgan fingerprint density at radius 2 is 2.05 bits per heavy atom. The maximum Gasteiger partial charge on any atom is 0.272 e. The lowest BCUT2D eigenvalue weighted by molar-refractivity contribution is 0.101. The maximum atomic E-state index is 12.7. The third kappa shape index (κ3) is 2.48. The Morgan fingerprint density at radius 3 is 2.77 bits per heavy atom. The molecule has 0 unspecified atom stereocenters. The molecule has 3 rings (SSSR count). The number of methoxy groups -OCH3 is 1. The minimum atomic E-state index is -0.124. The smallest absolute Gasteiger partial charge is 0.272 e. The predicted octanol–water partition coefficient (Wildman–Crippen LogP) is 4.54. The van der Waals surface area contributed by atoms with Crippen LogP contribution in [0.1, 0.15) is 30.4 Å². The summed E-state index contributed by atoms with van der Waals surface area (Å²) in [6.45, 7) is 4.16. The number of carbonyl (C=O) groups is 1. The van der Waals surface area contributed by atoms with Crippen LogP contribution in [0.25, 0.3) is 10.2 Å². The lowest BCUT2D eigenvalue weighted by atomic mass is 10.2. The Bertz CT molecular complexity index is 817. The number of nitrogens with zero attached hydrogens (tertiary/aromatic N) is 1. The first-order valence-electron chi connectivity index (χ1n) is 7.14. The Balaban J connectivity index is 1.98. The standard InChI is InChI=1S/C17H18N2O2S/c1-11(2)19-13-8-9-22-16(13)10-14(19)17(20)18-12-6-4-5-7-15(12)21-3/h4-11H,1-3H3,(H,18,20). The number of fused-ring (bicyclic) bond motifs is 1. The van der Waals surface area contributed by atoms with Crippen molar-refractivity contribution in [1.82, 2.24) is 4.57 Å². The number of hydrogen-bond donors (Lipinski definition) is 1. The Kier molecular flexibility index (Phi) is 3.90. The van der Waals surface area contributed by atoms with Crippen LogP contribution >= 0.6 is 11.3 Å². The van der Waals surface area contributed by atoms with E-state index < -0.39 is 0 Å². The summed E-state index contributed by atoms with van der Waals surface area (Å²) in [5.74, 6) is 0.530. The first-order valence-corrected chi connectivity index (χ1v) is 8.02. The molecule has 0 fully saturated rings. The number of aromatic nitrogens is 1. The van der Waals surface area contributed by atoms with Gasteiger partial charge in [-0.3, -0.25) is 4.79 Å². The van der Waals surface area contributed by atoms with Gasteiger partial charge in [-0.15, -0.1) is 11.3 Å². The number of carbonyl (C=O) groups excluding carboxylic acids is 1. The fourth-order valence-corrected chi connectivity index (χ4v) is 3.42. The molecule has 4 nitrogen and oxygen atoms in total. The summed E-state index contributed by atoms with van der Waals surface area (Å²) in [5.41, 5.74) is 2.45. The van der Waals surface area contributed by atoms with Gasteiger partial charge in [0.25, 0.3) is 5.91 Å². The minimum absolute atomic E-state index is 0.124. The Morgan fingerprint density at radius 1 is 1.27 bits per heavy atom. The molecule has 3 aromatic rings. The number of rotatable bonds is 4. The lowest BCUT2D eigenvalue weighted by Gasteiger charge is -2.15. The van der Waals surface area contributed by atoms with Crippen LogP contribution in [-0.2, 0) is 0 Å². The summed E-state index contributed by atoms with van der Waals surface area (Å²) in [4.78, 5) is 12.7. The van der Waals surface area contributed by atoms with E-state index in [9.17, 15) is 4.79 Å². The average molecular weight is 314 g/mol. The molecule has 0 saturated heterocycles. The van der Waals surface area contributed by atoms with E-state index in [1.807, 2.05) is 35.7 Å². The van der Waals surface area contributed by atoms with Crippen LogP contribution < -0.4 is 10.1 Å². The van der Waals surface area contributed by atoms with E-state index >= 15 is 0 Å². The van der Waals surface area contributed by atoms with Gasteiger partial charge in [-0.05, 0) is 43.5 Å². The van der Waals surface area contributed by atoms with Crippen molar-refractivity contribution >= 4 is 33.1 Å². The van der Waals surface area contributed by atoms with Gasteiger partial charge in [-0.25, -0.2) is 0 Å².